The van der Waals surface area contributed by atoms with Crippen LogP contribution in [0, 0.1) is 6.92 Å². The Labute approximate surface area is 170 Å². The monoisotopic (exact) mass is 423 g/mol. The number of nitrogens with zero attached hydrogens (tertiary/aromatic N) is 2. The average Bonchev–Trinajstić information content (AvgIpc) is 3.11. The summed E-state index contributed by atoms with van der Waals surface area (Å²) >= 11 is 5.86. The minimum atomic E-state index is -4.79. The predicted molar refractivity (Wildman–Crippen MR) is 103 cm³/mol. The van der Waals surface area contributed by atoms with E-state index in [1.54, 1.807) is 6.07 Å². The number of amides is 1. The fourth-order valence-corrected chi connectivity index (χ4v) is 2.91. The van der Waals surface area contributed by atoms with Crippen LogP contribution in [0.25, 0.3) is 5.69 Å². The summed E-state index contributed by atoms with van der Waals surface area (Å²) < 4.78 is 47.1. The van der Waals surface area contributed by atoms with Crippen molar-refractivity contribution >= 4 is 17.5 Å². The van der Waals surface area contributed by atoms with E-state index in [4.69, 9.17) is 16.3 Å². The second-order valence-corrected chi connectivity index (χ2v) is 6.65. The summed E-state index contributed by atoms with van der Waals surface area (Å²) in [7, 11) is 0. The molecule has 0 bridgehead atoms. The molecule has 0 aliphatic heterocycles. The van der Waals surface area contributed by atoms with E-state index < -0.39 is 23.3 Å². The zero-order chi connectivity index (χ0) is 21.0. The van der Waals surface area contributed by atoms with Crippen molar-refractivity contribution in [2.45, 2.75) is 13.1 Å². The van der Waals surface area contributed by atoms with Gasteiger partial charge in [0.05, 0.1) is 24.0 Å². The third-order valence-electron chi connectivity index (χ3n) is 3.98. The van der Waals surface area contributed by atoms with Crippen LogP contribution in [0.15, 0.2) is 54.7 Å². The molecule has 0 spiro atoms. The second-order valence-electron chi connectivity index (χ2n) is 6.22. The van der Waals surface area contributed by atoms with E-state index in [-0.39, 0.29) is 23.9 Å². The molecule has 0 atom stereocenters. The molecular formula is C20H17ClF3N3O2. The van der Waals surface area contributed by atoms with Crippen LogP contribution in [0.2, 0.25) is 5.02 Å². The van der Waals surface area contributed by atoms with E-state index in [0.717, 1.165) is 11.8 Å². The minimum absolute atomic E-state index is 0.0341. The molecular weight excluding hydrogens is 407 g/mol. The van der Waals surface area contributed by atoms with Crippen molar-refractivity contribution in [2.75, 3.05) is 13.2 Å². The minimum Gasteiger partial charge on any atom is -0.492 e. The van der Waals surface area contributed by atoms with Gasteiger partial charge < -0.3 is 10.1 Å². The smallest absolute Gasteiger partial charge is 0.434 e. The van der Waals surface area contributed by atoms with Crippen molar-refractivity contribution in [3.05, 3.63) is 76.6 Å². The third kappa shape index (κ3) is 5.08. The summed E-state index contributed by atoms with van der Waals surface area (Å²) in [4.78, 5) is 12.3. The maximum absolute atomic E-state index is 13.6. The number of benzene rings is 2. The predicted octanol–water partition coefficient (Wildman–Crippen LogP) is 4.66. The van der Waals surface area contributed by atoms with Gasteiger partial charge in [0.25, 0.3) is 5.91 Å². The van der Waals surface area contributed by atoms with Crippen molar-refractivity contribution in [3.63, 3.8) is 0 Å². The molecule has 1 aromatic heterocycles. The topological polar surface area (TPSA) is 56.1 Å². The molecule has 1 N–H and O–H groups in total. The summed E-state index contributed by atoms with van der Waals surface area (Å²) in [6.45, 7) is 2.05. The fraction of sp³-hybridized carbons (Fsp3) is 0.200. The lowest BCUT2D eigenvalue weighted by Gasteiger charge is -2.13. The van der Waals surface area contributed by atoms with Gasteiger partial charge in [-0.1, -0.05) is 29.8 Å². The summed E-state index contributed by atoms with van der Waals surface area (Å²) in [6.07, 6.45) is -3.90. The number of alkyl halides is 3. The molecule has 0 radical (unpaired) electrons. The van der Waals surface area contributed by atoms with E-state index in [9.17, 15) is 18.0 Å². The number of rotatable bonds is 6. The standard InChI is InChI=1S/C20H17ClF3N3O2/c1-13-4-2-7-16(10-13)29-9-8-25-19(28)17-12-26-27(18(17)20(22,23)24)15-6-3-5-14(21)11-15/h2-7,10-12H,8-9H2,1H3,(H,25,28). The SMILES string of the molecule is Cc1cccc(OCCNC(=O)c2cnn(-c3cccc(Cl)c3)c2C(F)(F)F)c1. The van der Waals surface area contributed by atoms with Crippen molar-refractivity contribution in [1.29, 1.82) is 0 Å². The van der Waals surface area contributed by atoms with Gasteiger partial charge in [-0.15, -0.1) is 0 Å². The van der Waals surface area contributed by atoms with E-state index in [1.165, 1.54) is 24.3 Å². The Morgan fingerprint density at radius 3 is 2.66 bits per heavy atom. The van der Waals surface area contributed by atoms with Crippen LogP contribution >= 0.6 is 11.6 Å². The highest BCUT2D eigenvalue weighted by Crippen LogP contribution is 2.34. The van der Waals surface area contributed by atoms with Gasteiger partial charge in [-0.05, 0) is 42.8 Å². The van der Waals surface area contributed by atoms with Crippen LogP contribution in [0.3, 0.4) is 0 Å². The summed E-state index contributed by atoms with van der Waals surface area (Å²) in [5.41, 5.74) is -0.633. The Hall–Kier alpha value is -3.00. The largest absolute Gasteiger partial charge is 0.492 e. The highest BCUT2D eigenvalue weighted by Gasteiger charge is 2.40. The number of nitrogens with one attached hydrogen (secondary N) is 1. The molecule has 29 heavy (non-hydrogen) atoms. The summed E-state index contributed by atoms with van der Waals surface area (Å²) in [6, 6.07) is 13.1. The molecule has 0 saturated heterocycles. The van der Waals surface area contributed by atoms with E-state index in [1.807, 2.05) is 25.1 Å². The number of halogens is 4. The molecule has 9 heteroatoms. The molecule has 2 aromatic carbocycles. The van der Waals surface area contributed by atoms with Gasteiger partial charge in [0.15, 0.2) is 5.69 Å². The molecule has 0 aliphatic carbocycles. The normalized spacial score (nSPS) is 11.3. The molecule has 1 amide bonds. The Morgan fingerprint density at radius 1 is 1.21 bits per heavy atom. The maximum atomic E-state index is 13.6. The lowest BCUT2D eigenvalue weighted by atomic mass is 10.2. The summed E-state index contributed by atoms with van der Waals surface area (Å²) in [5, 5.41) is 6.43. The number of hydrogen-bond donors (Lipinski definition) is 1. The van der Waals surface area contributed by atoms with Gasteiger partial charge in [0.2, 0.25) is 0 Å². The number of aryl methyl sites for hydroxylation is 1. The number of ether oxygens (including phenoxy) is 1. The van der Waals surface area contributed by atoms with Crippen LogP contribution in [0.4, 0.5) is 13.2 Å². The zero-order valence-electron chi connectivity index (χ0n) is 15.3. The van der Waals surface area contributed by atoms with Gasteiger partial charge in [0, 0.05) is 5.02 Å². The van der Waals surface area contributed by atoms with Crippen molar-refractivity contribution < 1.29 is 22.7 Å². The van der Waals surface area contributed by atoms with Crippen LogP contribution in [0.5, 0.6) is 5.75 Å². The molecule has 5 nitrogen and oxygen atoms in total. The van der Waals surface area contributed by atoms with Gasteiger partial charge in [0.1, 0.15) is 12.4 Å². The molecule has 0 aliphatic rings. The molecule has 3 aromatic rings. The van der Waals surface area contributed by atoms with E-state index in [0.29, 0.717) is 10.4 Å². The molecule has 1 heterocycles. The lowest BCUT2D eigenvalue weighted by molar-refractivity contribution is -0.143. The first-order valence-corrected chi connectivity index (χ1v) is 9.02. The molecule has 0 saturated carbocycles. The first-order valence-electron chi connectivity index (χ1n) is 8.64. The first kappa shape index (κ1) is 20.7. The van der Waals surface area contributed by atoms with Gasteiger partial charge in [-0.25, -0.2) is 4.68 Å². The number of carbonyl (C=O) groups is 1. The zero-order valence-corrected chi connectivity index (χ0v) is 16.1. The van der Waals surface area contributed by atoms with Crippen LogP contribution in [0.1, 0.15) is 21.6 Å². The third-order valence-corrected chi connectivity index (χ3v) is 4.22. The number of hydrogen-bond acceptors (Lipinski definition) is 3. The quantitative estimate of drug-likeness (QED) is 0.586. The fourth-order valence-electron chi connectivity index (χ4n) is 2.72. The highest BCUT2D eigenvalue weighted by atomic mass is 35.5. The summed E-state index contributed by atoms with van der Waals surface area (Å²) in [5.74, 6) is -0.276. The van der Waals surface area contributed by atoms with Crippen LogP contribution in [-0.4, -0.2) is 28.8 Å². The molecule has 0 unspecified atom stereocenters. The van der Waals surface area contributed by atoms with E-state index in [2.05, 4.69) is 10.4 Å². The van der Waals surface area contributed by atoms with Crippen LogP contribution in [-0.2, 0) is 6.18 Å². The Balaban J connectivity index is 1.73. The molecule has 152 valence electrons. The van der Waals surface area contributed by atoms with Crippen molar-refractivity contribution in [2.24, 2.45) is 0 Å². The Morgan fingerprint density at radius 2 is 1.97 bits per heavy atom. The maximum Gasteiger partial charge on any atom is 0.434 e. The number of carbonyl (C=O) groups excluding carboxylic acids is 1. The lowest BCUT2D eigenvalue weighted by Crippen LogP contribution is -2.30. The second kappa shape index (κ2) is 8.57. The molecule has 3 rings (SSSR count). The average molecular weight is 424 g/mol. The first-order chi connectivity index (χ1) is 13.8. The highest BCUT2D eigenvalue weighted by molar-refractivity contribution is 6.30. The van der Waals surface area contributed by atoms with Gasteiger partial charge in [-0.3, -0.25) is 4.79 Å². The Bertz CT molecular complexity index is 1020. The van der Waals surface area contributed by atoms with Gasteiger partial charge in [-0.2, -0.15) is 18.3 Å². The molecule has 0 fully saturated rings. The van der Waals surface area contributed by atoms with Crippen LogP contribution < -0.4 is 10.1 Å². The Kier molecular flexibility index (Phi) is 6.12. The number of aromatic nitrogens is 2. The van der Waals surface area contributed by atoms with Gasteiger partial charge >= 0.3 is 6.18 Å². The van der Waals surface area contributed by atoms with Crippen molar-refractivity contribution in [3.8, 4) is 11.4 Å². The van der Waals surface area contributed by atoms with Crippen molar-refractivity contribution in [1.82, 2.24) is 15.1 Å². The van der Waals surface area contributed by atoms with E-state index >= 15 is 0 Å².